The smallest absolute Gasteiger partial charge is 0.0790 e. The van der Waals surface area contributed by atoms with Gasteiger partial charge in [0.15, 0.2) is 0 Å². The molecule has 0 N–H and O–H groups in total. The maximum atomic E-state index is 2.45. The van der Waals surface area contributed by atoms with Crippen LogP contribution < -0.4 is 5.19 Å². The second-order valence-corrected chi connectivity index (χ2v) is 12.0. The van der Waals surface area contributed by atoms with Gasteiger partial charge in [0.25, 0.3) is 0 Å². The van der Waals surface area contributed by atoms with Gasteiger partial charge in [-0.1, -0.05) is 19.6 Å². The molecule has 1 aliphatic carbocycles. The average molecular weight is 250 g/mol. The molecular formula is C12H14S2Si. The number of thiophene rings is 2. The molecule has 2 aromatic rings. The summed E-state index contributed by atoms with van der Waals surface area (Å²) in [7, 11) is -1.14. The van der Waals surface area contributed by atoms with Crippen LogP contribution >= 0.6 is 22.7 Å². The lowest BCUT2D eigenvalue weighted by Gasteiger charge is -2.16. The number of fused-ring (bicyclic) bond motifs is 3. The van der Waals surface area contributed by atoms with Gasteiger partial charge in [0.05, 0.1) is 8.07 Å². The van der Waals surface area contributed by atoms with E-state index in [2.05, 4.69) is 36.5 Å². The van der Waals surface area contributed by atoms with Crippen LogP contribution in [0.3, 0.4) is 0 Å². The van der Waals surface area contributed by atoms with Gasteiger partial charge in [-0.3, -0.25) is 0 Å². The van der Waals surface area contributed by atoms with Gasteiger partial charge in [-0.25, -0.2) is 0 Å². The largest absolute Gasteiger partial charge is 0.143 e. The zero-order valence-electron chi connectivity index (χ0n) is 9.26. The fourth-order valence-corrected chi connectivity index (χ4v) is 7.16. The molecule has 0 radical (unpaired) electrons. The number of hydrogen-bond acceptors (Lipinski definition) is 2. The minimum atomic E-state index is -1.14. The van der Waals surface area contributed by atoms with Crippen molar-refractivity contribution in [2.45, 2.75) is 26.1 Å². The summed E-state index contributed by atoms with van der Waals surface area (Å²) in [5.41, 5.74) is 3.21. The summed E-state index contributed by atoms with van der Waals surface area (Å²) >= 11 is 3.86. The molecule has 0 spiro atoms. The van der Waals surface area contributed by atoms with Gasteiger partial charge in [-0.15, -0.1) is 22.7 Å². The zero-order chi connectivity index (χ0) is 10.6. The van der Waals surface area contributed by atoms with E-state index < -0.39 is 8.07 Å². The van der Waals surface area contributed by atoms with E-state index in [0.717, 1.165) is 0 Å². The van der Waals surface area contributed by atoms with E-state index in [4.69, 9.17) is 0 Å². The van der Waals surface area contributed by atoms with Crippen LogP contribution in [-0.4, -0.2) is 8.07 Å². The summed E-state index contributed by atoms with van der Waals surface area (Å²) in [6.45, 7) is 7.34. The maximum absolute atomic E-state index is 2.45. The van der Waals surface area contributed by atoms with Crippen LogP contribution in [0.15, 0.2) is 16.8 Å². The molecule has 0 nitrogen and oxygen atoms in total. The highest BCUT2D eigenvalue weighted by Gasteiger charge is 2.29. The second kappa shape index (κ2) is 3.06. The molecule has 3 heteroatoms. The second-order valence-electron chi connectivity index (χ2n) is 5.16. The monoisotopic (exact) mass is 250 g/mol. The minimum Gasteiger partial charge on any atom is -0.143 e. The van der Waals surface area contributed by atoms with Crippen LogP contribution in [0.25, 0.3) is 9.75 Å². The lowest BCUT2D eigenvalue weighted by molar-refractivity contribution is 1.29. The molecule has 0 bridgehead atoms. The van der Waals surface area contributed by atoms with E-state index in [-0.39, 0.29) is 0 Å². The van der Waals surface area contributed by atoms with Crippen molar-refractivity contribution in [3.63, 3.8) is 0 Å². The lowest BCUT2D eigenvalue weighted by Crippen LogP contribution is -2.38. The Morgan fingerprint density at radius 1 is 1.13 bits per heavy atom. The molecule has 0 amide bonds. The molecule has 0 saturated carbocycles. The molecule has 3 rings (SSSR count). The first-order valence-electron chi connectivity index (χ1n) is 5.25. The highest BCUT2D eigenvalue weighted by molar-refractivity contribution is 7.22. The Labute approximate surface area is 99.6 Å². The summed E-state index contributed by atoms with van der Waals surface area (Å²) < 4.78 is 0. The van der Waals surface area contributed by atoms with Crippen molar-refractivity contribution in [2.24, 2.45) is 0 Å². The van der Waals surface area contributed by atoms with Gasteiger partial charge in [0.1, 0.15) is 0 Å². The van der Waals surface area contributed by atoms with E-state index in [1.165, 1.54) is 6.42 Å². The summed E-state index contributed by atoms with van der Waals surface area (Å²) in [6.07, 6.45) is 1.19. The third kappa shape index (κ3) is 1.37. The van der Waals surface area contributed by atoms with Gasteiger partial charge in [0, 0.05) is 16.2 Å². The Hall–Kier alpha value is -0.383. The summed E-state index contributed by atoms with van der Waals surface area (Å²) in [5.74, 6) is 0. The summed E-state index contributed by atoms with van der Waals surface area (Å²) in [4.78, 5) is 3.11. The first-order valence-corrected chi connectivity index (χ1v) is 10.5. The predicted octanol–water partition coefficient (Wildman–Crippen LogP) is 3.93. The third-order valence-corrected chi connectivity index (χ3v) is 7.44. The topological polar surface area (TPSA) is 0 Å². The Bertz CT molecular complexity index is 514. The fourth-order valence-electron chi connectivity index (χ4n) is 2.24. The molecule has 0 aliphatic heterocycles. The molecule has 78 valence electrons. The molecule has 2 heterocycles. The molecule has 0 aromatic carbocycles. The Balaban J connectivity index is 2.19. The zero-order valence-corrected chi connectivity index (χ0v) is 11.9. The SMILES string of the molecule is C[Si](C)(C)c1csc2c1Cc1ccsc1-2. The van der Waals surface area contributed by atoms with E-state index in [0.29, 0.717) is 0 Å². The Morgan fingerprint density at radius 2 is 1.93 bits per heavy atom. The maximum Gasteiger partial charge on any atom is 0.0790 e. The molecule has 0 atom stereocenters. The van der Waals surface area contributed by atoms with E-state index in [1.807, 2.05) is 22.7 Å². The normalized spacial score (nSPS) is 14.1. The van der Waals surface area contributed by atoms with Gasteiger partial charge >= 0.3 is 0 Å². The minimum absolute atomic E-state index is 1.14. The van der Waals surface area contributed by atoms with Crippen molar-refractivity contribution < 1.29 is 0 Å². The number of rotatable bonds is 1. The van der Waals surface area contributed by atoms with E-state index in [9.17, 15) is 0 Å². The number of hydrogen-bond donors (Lipinski definition) is 0. The van der Waals surface area contributed by atoms with Crippen molar-refractivity contribution >= 4 is 35.9 Å². The molecule has 0 saturated heterocycles. The summed E-state index contributed by atoms with van der Waals surface area (Å²) in [6, 6.07) is 2.29. The van der Waals surface area contributed by atoms with E-state index >= 15 is 0 Å². The Kier molecular flexibility index (Phi) is 2.00. The first-order chi connectivity index (χ1) is 7.07. The molecule has 2 aromatic heterocycles. The van der Waals surface area contributed by atoms with Crippen LogP contribution in [0.2, 0.25) is 19.6 Å². The first kappa shape index (κ1) is 9.82. The average Bonchev–Trinajstić information content (AvgIpc) is 2.68. The van der Waals surface area contributed by atoms with Gasteiger partial charge < -0.3 is 0 Å². The highest BCUT2D eigenvalue weighted by Crippen LogP contribution is 2.43. The third-order valence-electron chi connectivity index (χ3n) is 3.02. The molecule has 1 aliphatic rings. The van der Waals surface area contributed by atoms with Crippen LogP contribution in [0, 0.1) is 0 Å². The molecule has 0 unspecified atom stereocenters. The standard InChI is InChI=1S/C12H14S2Si/c1-15(2,3)10-7-14-12-9(10)6-8-4-5-13-11(8)12/h4-5,7H,6H2,1-3H3. The van der Waals surface area contributed by atoms with Crippen LogP contribution in [0.4, 0.5) is 0 Å². The van der Waals surface area contributed by atoms with Crippen molar-refractivity contribution in [1.82, 2.24) is 0 Å². The van der Waals surface area contributed by atoms with Crippen LogP contribution in [0.1, 0.15) is 11.1 Å². The Morgan fingerprint density at radius 3 is 2.67 bits per heavy atom. The van der Waals surface area contributed by atoms with Crippen molar-refractivity contribution in [3.8, 4) is 9.75 Å². The molecule has 15 heavy (non-hydrogen) atoms. The predicted molar refractivity (Wildman–Crippen MR) is 73.4 cm³/mol. The van der Waals surface area contributed by atoms with Crippen molar-refractivity contribution in [1.29, 1.82) is 0 Å². The van der Waals surface area contributed by atoms with Crippen molar-refractivity contribution in [3.05, 3.63) is 28.0 Å². The molecular weight excluding hydrogens is 236 g/mol. The van der Waals surface area contributed by atoms with Crippen molar-refractivity contribution in [2.75, 3.05) is 0 Å². The van der Waals surface area contributed by atoms with Gasteiger partial charge in [-0.05, 0) is 33.1 Å². The van der Waals surface area contributed by atoms with Crippen LogP contribution in [0.5, 0.6) is 0 Å². The van der Waals surface area contributed by atoms with Crippen LogP contribution in [-0.2, 0) is 6.42 Å². The quantitative estimate of drug-likeness (QED) is 0.574. The van der Waals surface area contributed by atoms with Gasteiger partial charge in [0.2, 0.25) is 0 Å². The lowest BCUT2D eigenvalue weighted by atomic mass is 10.2. The fraction of sp³-hybridized carbons (Fsp3) is 0.333. The highest BCUT2D eigenvalue weighted by atomic mass is 32.1. The molecule has 0 fully saturated rings. The summed E-state index contributed by atoms with van der Waals surface area (Å²) in [5, 5.41) is 6.33. The van der Waals surface area contributed by atoms with E-state index in [1.54, 1.807) is 26.1 Å². The van der Waals surface area contributed by atoms with Gasteiger partial charge in [-0.2, -0.15) is 0 Å².